The number of nitrogens with zero attached hydrogens (tertiary/aromatic N) is 6. The zero-order valence-electron chi connectivity index (χ0n) is 14.7. The lowest BCUT2D eigenvalue weighted by atomic mass is 10.3. The Hall–Kier alpha value is -2.21. The van der Waals surface area contributed by atoms with Gasteiger partial charge in [-0.15, -0.1) is 32.9 Å². The number of aromatic nitrogens is 6. The SMILES string of the molecule is CCc1csc(C(O)c2nnc(Nc3ccn(Cc4csc(C)n4)n3)s2)n1. The fourth-order valence-corrected chi connectivity index (χ4v) is 4.69. The Balaban J connectivity index is 1.42. The summed E-state index contributed by atoms with van der Waals surface area (Å²) in [4.78, 5) is 8.85. The van der Waals surface area contributed by atoms with E-state index in [1.54, 1.807) is 11.3 Å². The molecule has 0 saturated heterocycles. The third-order valence-corrected chi connectivity index (χ3v) is 6.37. The van der Waals surface area contributed by atoms with E-state index < -0.39 is 6.10 Å². The van der Waals surface area contributed by atoms with Crippen molar-refractivity contribution >= 4 is 45.0 Å². The molecule has 0 fully saturated rings. The second-order valence-corrected chi connectivity index (χ2v) is 8.72. The molecular weight excluding hydrogens is 402 g/mol. The number of hydrogen-bond acceptors (Lipinski definition) is 10. The van der Waals surface area contributed by atoms with Crippen molar-refractivity contribution in [2.45, 2.75) is 32.9 Å². The van der Waals surface area contributed by atoms with Crippen LogP contribution in [0.25, 0.3) is 0 Å². The summed E-state index contributed by atoms with van der Waals surface area (Å²) in [6.07, 6.45) is 1.87. The Morgan fingerprint density at radius 1 is 1.15 bits per heavy atom. The number of nitrogens with one attached hydrogen (secondary N) is 1. The van der Waals surface area contributed by atoms with Crippen LogP contribution in [0.15, 0.2) is 23.0 Å². The van der Waals surface area contributed by atoms with Crippen molar-refractivity contribution in [3.8, 4) is 0 Å². The van der Waals surface area contributed by atoms with Crippen LogP contribution in [0, 0.1) is 6.92 Å². The fourth-order valence-electron chi connectivity index (χ4n) is 2.38. The number of aryl methyl sites for hydroxylation is 2. The quantitative estimate of drug-likeness (QED) is 0.473. The van der Waals surface area contributed by atoms with E-state index in [2.05, 4.69) is 30.6 Å². The van der Waals surface area contributed by atoms with Crippen LogP contribution >= 0.6 is 34.0 Å². The summed E-state index contributed by atoms with van der Waals surface area (Å²) in [7, 11) is 0. The van der Waals surface area contributed by atoms with E-state index in [0.717, 1.165) is 22.8 Å². The molecular formula is C16H17N7OS3. The molecule has 0 aliphatic carbocycles. The monoisotopic (exact) mass is 419 g/mol. The van der Waals surface area contributed by atoms with Crippen molar-refractivity contribution < 1.29 is 5.11 Å². The van der Waals surface area contributed by atoms with Gasteiger partial charge in [0, 0.05) is 23.0 Å². The summed E-state index contributed by atoms with van der Waals surface area (Å²) in [5.41, 5.74) is 1.96. The first-order valence-corrected chi connectivity index (χ1v) is 10.9. The Bertz CT molecular complexity index is 1030. The molecule has 27 heavy (non-hydrogen) atoms. The Labute approximate surface area is 167 Å². The minimum atomic E-state index is -0.853. The number of thiazole rings is 2. The highest BCUT2D eigenvalue weighted by atomic mass is 32.1. The minimum Gasteiger partial charge on any atom is -0.379 e. The molecule has 140 valence electrons. The summed E-state index contributed by atoms with van der Waals surface area (Å²) in [5.74, 6) is 0.668. The topological polar surface area (TPSA) is 102 Å². The lowest BCUT2D eigenvalue weighted by Gasteiger charge is -2.01. The van der Waals surface area contributed by atoms with Gasteiger partial charge in [0.15, 0.2) is 16.9 Å². The van der Waals surface area contributed by atoms with Crippen molar-refractivity contribution in [2.75, 3.05) is 5.32 Å². The van der Waals surface area contributed by atoms with Crippen LogP contribution in [0.3, 0.4) is 0 Å². The first-order valence-electron chi connectivity index (χ1n) is 8.28. The van der Waals surface area contributed by atoms with E-state index in [-0.39, 0.29) is 0 Å². The Kier molecular flexibility index (Phi) is 5.25. The third kappa shape index (κ3) is 4.21. The van der Waals surface area contributed by atoms with Gasteiger partial charge in [0.2, 0.25) is 5.13 Å². The molecule has 2 N–H and O–H groups in total. The van der Waals surface area contributed by atoms with Gasteiger partial charge in [0.1, 0.15) is 5.01 Å². The summed E-state index contributed by atoms with van der Waals surface area (Å²) in [6, 6.07) is 1.87. The van der Waals surface area contributed by atoms with Crippen LogP contribution in [0.2, 0.25) is 0 Å². The number of anilines is 2. The Morgan fingerprint density at radius 2 is 2.00 bits per heavy atom. The molecule has 0 radical (unpaired) electrons. The van der Waals surface area contributed by atoms with Crippen molar-refractivity contribution in [3.05, 3.63) is 49.4 Å². The normalized spacial score (nSPS) is 12.4. The highest BCUT2D eigenvalue weighted by Gasteiger charge is 2.19. The van der Waals surface area contributed by atoms with E-state index in [0.29, 0.717) is 27.5 Å². The lowest BCUT2D eigenvalue weighted by Crippen LogP contribution is -2.01. The summed E-state index contributed by atoms with van der Waals surface area (Å²) in [5, 5.41) is 33.0. The molecule has 0 aliphatic rings. The molecule has 0 saturated carbocycles. The van der Waals surface area contributed by atoms with Crippen LogP contribution in [-0.4, -0.2) is 35.1 Å². The minimum absolute atomic E-state index is 0.506. The van der Waals surface area contributed by atoms with Gasteiger partial charge in [-0.05, 0) is 13.3 Å². The second-order valence-electron chi connectivity index (χ2n) is 5.76. The zero-order valence-corrected chi connectivity index (χ0v) is 17.1. The second kappa shape index (κ2) is 7.80. The van der Waals surface area contributed by atoms with Crippen LogP contribution in [0.1, 0.15) is 39.4 Å². The molecule has 4 aromatic heterocycles. The molecule has 8 nitrogen and oxygen atoms in total. The number of aliphatic hydroxyl groups is 1. The van der Waals surface area contributed by atoms with Crippen molar-refractivity contribution in [1.29, 1.82) is 0 Å². The third-order valence-electron chi connectivity index (χ3n) is 3.71. The van der Waals surface area contributed by atoms with E-state index in [9.17, 15) is 5.11 Å². The van der Waals surface area contributed by atoms with Gasteiger partial charge in [0.25, 0.3) is 0 Å². The van der Waals surface area contributed by atoms with Crippen molar-refractivity contribution in [3.63, 3.8) is 0 Å². The summed E-state index contributed by atoms with van der Waals surface area (Å²) in [6.45, 7) is 4.64. The van der Waals surface area contributed by atoms with Crippen molar-refractivity contribution in [1.82, 2.24) is 29.9 Å². The molecule has 0 amide bonds. The van der Waals surface area contributed by atoms with E-state index in [1.807, 2.05) is 41.6 Å². The van der Waals surface area contributed by atoms with Gasteiger partial charge < -0.3 is 10.4 Å². The van der Waals surface area contributed by atoms with Gasteiger partial charge in [-0.3, -0.25) is 4.68 Å². The number of hydrogen-bond donors (Lipinski definition) is 2. The Morgan fingerprint density at radius 3 is 2.74 bits per heavy atom. The molecule has 4 aromatic rings. The summed E-state index contributed by atoms with van der Waals surface area (Å²) < 4.78 is 1.81. The van der Waals surface area contributed by atoms with Gasteiger partial charge >= 0.3 is 0 Å². The maximum Gasteiger partial charge on any atom is 0.211 e. The van der Waals surface area contributed by atoms with Gasteiger partial charge in [-0.2, -0.15) is 5.10 Å². The molecule has 0 spiro atoms. The molecule has 1 atom stereocenters. The van der Waals surface area contributed by atoms with Crippen LogP contribution in [0.5, 0.6) is 0 Å². The van der Waals surface area contributed by atoms with E-state index in [4.69, 9.17) is 0 Å². The van der Waals surface area contributed by atoms with E-state index >= 15 is 0 Å². The molecule has 11 heteroatoms. The largest absolute Gasteiger partial charge is 0.379 e. The van der Waals surface area contributed by atoms with E-state index in [1.165, 1.54) is 22.7 Å². The van der Waals surface area contributed by atoms with Crippen LogP contribution in [-0.2, 0) is 13.0 Å². The standard InChI is InChI=1S/C16H17N7OS3/c1-3-10-7-26-14(18-10)13(24)15-20-21-16(27-15)19-12-4-5-23(22-12)6-11-8-25-9(2)17-11/h4-5,7-8,13,24H,3,6H2,1-2H3,(H,19,21,22). The van der Waals surface area contributed by atoms with Crippen molar-refractivity contribution in [2.24, 2.45) is 0 Å². The smallest absolute Gasteiger partial charge is 0.211 e. The predicted octanol–water partition coefficient (Wildman–Crippen LogP) is 3.39. The van der Waals surface area contributed by atoms with Gasteiger partial charge in [-0.1, -0.05) is 18.3 Å². The highest BCUT2D eigenvalue weighted by molar-refractivity contribution is 7.15. The predicted molar refractivity (Wildman–Crippen MR) is 107 cm³/mol. The average molecular weight is 420 g/mol. The number of aliphatic hydroxyl groups excluding tert-OH is 1. The van der Waals surface area contributed by atoms with Gasteiger partial charge in [-0.25, -0.2) is 9.97 Å². The maximum atomic E-state index is 10.5. The number of rotatable bonds is 7. The average Bonchev–Trinajstić information content (AvgIpc) is 3.43. The summed E-state index contributed by atoms with van der Waals surface area (Å²) >= 11 is 4.35. The molecule has 4 heterocycles. The zero-order chi connectivity index (χ0) is 18.8. The van der Waals surface area contributed by atoms with Crippen LogP contribution in [0.4, 0.5) is 10.9 Å². The molecule has 0 bridgehead atoms. The first-order chi connectivity index (χ1) is 13.1. The molecule has 1 unspecified atom stereocenters. The fraction of sp³-hybridized carbons (Fsp3) is 0.312. The van der Waals surface area contributed by atoms with Gasteiger partial charge in [0.05, 0.1) is 22.9 Å². The molecule has 4 rings (SSSR count). The molecule has 0 aromatic carbocycles. The first kappa shape index (κ1) is 18.2. The molecule has 0 aliphatic heterocycles. The highest BCUT2D eigenvalue weighted by Crippen LogP contribution is 2.30. The lowest BCUT2D eigenvalue weighted by molar-refractivity contribution is 0.218. The van der Waals surface area contributed by atoms with Crippen LogP contribution < -0.4 is 5.32 Å². The maximum absolute atomic E-state index is 10.5.